The van der Waals surface area contributed by atoms with Gasteiger partial charge in [0, 0.05) is 23.7 Å². The number of carbonyl (C=O) groups excluding carboxylic acids is 2. The first-order chi connectivity index (χ1) is 13.6. The van der Waals surface area contributed by atoms with Crippen molar-refractivity contribution in [3.05, 3.63) is 59.1 Å². The molecule has 0 bridgehead atoms. The minimum Gasteiger partial charge on any atom is -0.494 e. The van der Waals surface area contributed by atoms with Crippen molar-refractivity contribution in [2.45, 2.75) is 19.8 Å². The van der Waals surface area contributed by atoms with Gasteiger partial charge in [-0.25, -0.2) is 5.43 Å². The van der Waals surface area contributed by atoms with Crippen LogP contribution in [-0.2, 0) is 9.59 Å². The van der Waals surface area contributed by atoms with Crippen LogP contribution in [0, 0.1) is 5.92 Å². The predicted molar refractivity (Wildman–Crippen MR) is 110 cm³/mol. The topological polar surface area (TPSA) is 71.0 Å². The van der Waals surface area contributed by atoms with E-state index < -0.39 is 5.92 Å². The lowest BCUT2D eigenvalue weighted by Crippen LogP contribution is -2.30. The molecule has 1 fully saturated rings. The molecule has 28 heavy (non-hydrogen) atoms. The average Bonchev–Trinajstić information content (AvgIpc) is 3.09. The Kier molecular flexibility index (Phi) is 6.66. The van der Waals surface area contributed by atoms with Crippen molar-refractivity contribution in [3.8, 4) is 5.75 Å². The molecule has 0 unspecified atom stereocenters. The van der Waals surface area contributed by atoms with Crippen molar-refractivity contribution in [1.82, 2.24) is 5.43 Å². The molecule has 1 heterocycles. The van der Waals surface area contributed by atoms with E-state index in [1.165, 1.54) is 0 Å². The Morgan fingerprint density at radius 3 is 2.64 bits per heavy atom. The number of benzene rings is 2. The van der Waals surface area contributed by atoms with Gasteiger partial charge in [0.05, 0.1) is 18.7 Å². The molecular formula is C21H22ClN3O3. The van der Waals surface area contributed by atoms with Crippen LogP contribution in [0.1, 0.15) is 25.3 Å². The lowest BCUT2D eigenvalue weighted by atomic mass is 10.1. The monoisotopic (exact) mass is 399 g/mol. The van der Waals surface area contributed by atoms with Crippen LogP contribution in [0.2, 0.25) is 5.02 Å². The molecule has 2 aromatic carbocycles. The van der Waals surface area contributed by atoms with Crippen molar-refractivity contribution in [3.63, 3.8) is 0 Å². The van der Waals surface area contributed by atoms with Crippen LogP contribution < -0.4 is 15.1 Å². The normalized spacial score (nSPS) is 16.6. The first-order valence-electron chi connectivity index (χ1n) is 9.18. The Labute approximate surface area is 169 Å². The molecule has 6 nitrogen and oxygen atoms in total. The molecule has 146 valence electrons. The number of amides is 2. The zero-order valence-corrected chi connectivity index (χ0v) is 16.4. The zero-order valence-electron chi connectivity index (χ0n) is 15.6. The van der Waals surface area contributed by atoms with Gasteiger partial charge in [0.1, 0.15) is 5.75 Å². The molecule has 1 aliphatic heterocycles. The summed E-state index contributed by atoms with van der Waals surface area (Å²) in [6, 6.07) is 14.4. The van der Waals surface area contributed by atoms with E-state index in [2.05, 4.69) is 17.5 Å². The standard InChI is InChI=1S/C21H22ClN3O3/c1-2-11-28-19-9-3-15(4-10-19)13-23-24-21(27)16-12-20(26)25(14-16)18-7-5-17(22)6-8-18/h3-10,13,16H,2,11-12,14H2,1H3,(H,24,27)/b23-13-/t16-/m1/s1. The molecule has 0 radical (unpaired) electrons. The molecule has 1 N–H and O–H groups in total. The summed E-state index contributed by atoms with van der Waals surface area (Å²) < 4.78 is 5.53. The van der Waals surface area contributed by atoms with Crippen LogP contribution in [-0.4, -0.2) is 31.2 Å². The molecule has 1 aliphatic rings. The first-order valence-corrected chi connectivity index (χ1v) is 9.56. The highest BCUT2D eigenvalue weighted by Crippen LogP contribution is 2.26. The van der Waals surface area contributed by atoms with Crippen LogP contribution >= 0.6 is 11.6 Å². The van der Waals surface area contributed by atoms with Crippen molar-refractivity contribution in [2.75, 3.05) is 18.1 Å². The van der Waals surface area contributed by atoms with E-state index in [0.29, 0.717) is 18.2 Å². The van der Waals surface area contributed by atoms with Gasteiger partial charge in [-0.05, 0) is 60.5 Å². The summed E-state index contributed by atoms with van der Waals surface area (Å²) in [5.41, 5.74) is 4.10. The summed E-state index contributed by atoms with van der Waals surface area (Å²) in [5.74, 6) is -0.00183. The van der Waals surface area contributed by atoms with Crippen molar-refractivity contribution in [2.24, 2.45) is 11.0 Å². The van der Waals surface area contributed by atoms with Gasteiger partial charge < -0.3 is 9.64 Å². The lowest BCUT2D eigenvalue weighted by molar-refractivity contribution is -0.126. The second kappa shape index (κ2) is 9.37. The quantitative estimate of drug-likeness (QED) is 0.570. The SMILES string of the molecule is CCCOc1ccc(/C=N\NC(=O)[C@@H]2CC(=O)N(c3ccc(Cl)cc3)C2)cc1. The van der Waals surface area contributed by atoms with Crippen LogP contribution in [0.25, 0.3) is 0 Å². The molecule has 7 heteroatoms. The number of anilines is 1. The maximum absolute atomic E-state index is 12.3. The number of nitrogens with zero attached hydrogens (tertiary/aromatic N) is 2. The molecule has 2 aromatic rings. The molecule has 1 saturated heterocycles. The highest BCUT2D eigenvalue weighted by atomic mass is 35.5. The maximum atomic E-state index is 12.3. The first kappa shape index (κ1) is 19.9. The number of rotatable bonds is 7. The van der Waals surface area contributed by atoms with E-state index in [0.717, 1.165) is 23.4 Å². The Hall–Kier alpha value is -2.86. The van der Waals surface area contributed by atoms with E-state index in [9.17, 15) is 9.59 Å². The summed E-state index contributed by atoms with van der Waals surface area (Å²) in [4.78, 5) is 26.2. The second-order valence-corrected chi connectivity index (χ2v) is 6.97. The van der Waals surface area contributed by atoms with Gasteiger partial charge in [-0.2, -0.15) is 5.10 Å². The highest BCUT2D eigenvalue weighted by Gasteiger charge is 2.35. The fourth-order valence-corrected chi connectivity index (χ4v) is 3.01. The number of hydrogen-bond acceptors (Lipinski definition) is 4. The molecule has 0 aromatic heterocycles. The van der Waals surface area contributed by atoms with Crippen LogP contribution in [0.4, 0.5) is 5.69 Å². The third-order valence-electron chi connectivity index (χ3n) is 4.38. The van der Waals surface area contributed by atoms with Gasteiger partial charge >= 0.3 is 0 Å². The molecule has 0 saturated carbocycles. The molecular weight excluding hydrogens is 378 g/mol. The highest BCUT2D eigenvalue weighted by molar-refractivity contribution is 6.30. The number of nitrogens with one attached hydrogen (secondary N) is 1. The molecule has 0 spiro atoms. The third kappa shape index (κ3) is 5.10. The number of halogens is 1. The fraction of sp³-hybridized carbons (Fsp3) is 0.286. The molecule has 0 aliphatic carbocycles. The van der Waals surface area contributed by atoms with Crippen molar-refractivity contribution < 1.29 is 14.3 Å². The van der Waals surface area contributed by atoms with Crippen LogP contribution in [0.5, 0.6) is 5.75 Å². The van der Waals surface area contributed by atoms with Crippen LogP contribution in [0.3, 0.4) is 0 Å². The largest absolute Gasteiger partial charge is 0.494 e. The number of carbonyl (C=O) groups is 2. The third-order valence-corrected chi connectivity index (χ3v) is 4.63. The Bertz CT molecular complexity index is 850. The summed E-state index contributed by atoms with van der Waals surface area (Å²) in [6.07, 6.45) is 2.68. The van der Waals surface area contributed by atoms with Gasteiger partial charge in [-0.15, -0.1) is 0 Å². The smallest absolute Gasteiger partial charge is 0.245 e. The maximum Gasteiger partial charge on any atom is 0.245 e. The van der Waals surface area contributed by atoms with Crippen molar-refractivity contribution >= 4 is 35.3 Å². The van der Waals surface area contributed by atoms with Gasteiger partial charge in [0.2, 0.25) is 11.8 Å². The Morgan fingerprint density at radius 1 is 1.25 bits per heavy atom. The summed E-state index contributed by atoms with van der Waals surface area (Å²) in [7, 11) is 0. The minimum absolute atomic E-state index is 0.0888. The van der Waals surface area contributed by atoms with Gasteiger partial charge in [-0.1, -0.05) is 18.5 Å². The summed E-state index contributed by atoms with van der Waals surface area (Å²) in [6.45, 7) is 3.05. The minimum atomic E-state index is -0.440. The summed E-state index contributed by atoms with van der Waals surface area (Å²) in [5, 5.41) is 4.60. The number of hydrogen-bond donors (Lipinski definition) is 1. The zero-order chi connectivity index (χ0) is 19.9. The second-order valence-electron chi connectivity index (χ2n) is 6.53. The van der Waals surface area contributed by atoms with Gasteiger partial charge in [0.25, 0.3) is 0 Å². The van der Waals surface area contributed by atoms with E-state index in [4.69, 9.17) is 16.3 Å². The van der Waals surface area contributed by atoms with Crippen molar-refractivity contribution in [1.29, 1.82) is 0 Å². The fourth-order valence-electron chi connectivity index (χ4n) is 2.89. The van der Waals surface area contributed by atoms with Crippen LogP contribution in [0.15, 0.2) is 53.6 Å². The van der Waals surface area contributed by atoms with E-state index in [1.807, 2.05) is 24.3 Å². The molecule has 1 atom stereocenters. The Morgan fingerprint density at radius 2 is 1.96 bits per heavy atom. The lowest BCUT2D eigenvalue weighted by Gasteiger charge is -2.16. The number of hydrazone groups is 1. The number of ether oxygens (including phenoxy) is 1. The van der Waals surface area contributed by atoms with Gasteiger partial charge in [0.15, 0.2) is 0 Å². The van der Waals surface area contributed by atoms with E-state index in [1.54, 1.807) is 35.4 Å². The van der Waals surface area contributed by atoms with E-state index in [-0.39, 0.29) is 18.2 Å². The predicted octanol–water partition coefficient (Wildman–Crippen LogP) is 3.63. The summed E-state index contributed by atoms with van der Waals surface area (Å²) >= 11 is 5.88. The van der Waals surface area contributed by atoms with Gasteiger partial charge in [-0.3, -0.25) is 9.59 Å². The Balaban J connectivity index is 1.53. The molecule has 2 amide bonds. The molecule has 3 rings (SSSR count). The van der Waals surface area contributed by atoms with E-state index >= 15 is 0 Å². The average molecular weight is 400 g/mol.